The fourth-order valence-electron chi connectivity index (χ4n) is 1.63. The van der Waals surface area contributed by atoms with Crippen LogP contribution in [0.2, 0.25) is 0 Å². The minimum atomic E-state index is -0.203. The van der Waals surface area contributed by atoms with Gasteiger partial charge in [0.15, 0.2) is 5.96 Å². The highest BCUT2D eigenvalue weighted by Crippen LogP contribution is 2.06. The predicted octanol–water partition coefficient (Wildman–Crippen LogP) is 2.81. The first-order chi connectivity index (χ1) is 8.67. The minimum Gasteiger partial charge on any atom is -0.355 e. The molecule has 3 nitrogen and oxygen atoms in total. The standard InChI is InChI=1S/C13H20FN3S.HI/c1-15-13(16-7-8-18-3)17(2)10-11-5-4-6-12(14)9-11;/h4-6,9H,7-8,10H2,1-3H3,(H,15,16);1H. The zero-order valence-electron chi connectivity index (χ0n) is 11.5. The van der Waals surface area contributed by atoms with E-state index in [1.807, 2.05) is 18.0 Å². The molecule has 0 spiro atoms. The number of thioether (sulfide) groups is 1. The SMILES string of the molecule is CN=C(NCCSC)N(C)Cc1cccc(F)c1.I. The molecule has 0 atom stereocenters. The molecule has 0 aliphatic carbocycles. The molecule has 0 amide bonds. The van der Waals surface area contributed by atoms with Gasteiger partial charge >= 0.3 is 0 Å². The highest BCUT2D eigenvalue weighted by Gasteiger charge is 2.06. The van der Waals surface area contributed by atoms with E-state index in [4.69, 9.17) is 0 Å². The molecule has 0 saturated heterocycles. The van der Waals surface area contributed by atoms with Gasteiger partial charge in [0.1, 0.15) is 5.82 Å². The summed E-state index contributed by atoms with van der Waals surface area (Å²) < 4.78 is 13.1. The normalized spacial score (nSPS) is 10.8. The van der Waals surface area contributed by atoms with E-state index in [-0.39, 0.29) is 29.8 Å². The third-order valence-corrected chi connectivity index (χ3v) is 3.08. The summed E-state index contributed by atoms with van der Waals surface area (Å²) in [7, 11) is 3.70. The van der Waals surface area contributed by atoms with Crippen molar-refractivity contribution in [1.82, 2.24) is 10.2 Å². The molecular formula is C13H21FIN3S. The first-order valence-corrected chi connectivity index (χ1v) is 7.22. The summed E-state index contributed by atoms with van der Waals surface area (Å²) >= 11 is 1.79. The molecular weight excluding hydrogens is 376 g/mol. The third kappa shape index (κ3) is 7.00. The number of hydrogen-bond donors (Lipinski definition) is 1. The number of benzene rings is 1. The van der Waals surface area contributed by atoms with Crippen LogP contribution >= 0.6 is 35.7 Å². The van der Waals surface area contributed by atoms with Crippen molar-refractivity contribution in [3.05, 3.63) is 35.6 Å². The lowest BCUT2D eigenvalue weighted by molar-refractivity contribution is 0.477. The van der Waals surface area contributed by atoms with Crippen LogP contribution in [-0.2, 0) is 6.54 Å². The van der Waals surface area contributed by atoms with Gasteiger partial charge in [0, 0.05) is 32.9 Å². The average Bonchev–Trinajstić information content (AvgIpc) is 2.34. The number of nitrogens with one attached hydrogen (secondary N) is 1. The molecule has 0 fully saturated rings. The highest BCUT2D eigenvalue weighted by atomic mass is 127. The first-order valence-electron chi connectivity index (χ1n) is 5.82. The van der Waals surface area contributed by atoms with Crippen molar-refractivity contribution in [2.45, 2.75) is 6.54 Å². The maximum Gasteiger partial charge on any atom is 0.193 e. The van der Waals surface area contributed by atoms with E-state index < -0.39 is 0 Å². The van der Waals surface area contributed by atoms with E-state index in [0.29, 0.717) is 6.54 Å². The zero-order chi connectivity index (χ0) is 13.4. The smallest absolute Gasteiger partial charge is 0.193 e. The van der Waals surface area contributed by atoms with Gasteiger partial charge in [0.2, 0.25) is 0 Å². The number of nitrogens with zero attached hydrogens (tertiary/aromatic N) is 2. The maximum absolute atomic E-state index is 13.1. The van der Waals surface area contributed by atoms with Crippen LogP contribution in [0.5, 0.6) is 0 Å². The summed E-state index contributed by atoms with van der Waals surface area (Å²) in [5.74, 6) is 1.66. The Morgan fingerprint density at radius 2 is 2.21 bits per heavy atom. The molecule has 0 radical (unpaired) electrons. The van der Waals surface area contributed by atoms with Crippen LogP contribution in [0.1, 0.15) is 5.56 Å². The van der Waals surface area contributed by atoms with Crippen molar-refractivity contribution < 1.29 is 4.39 Å². The number of rotatable bonds is 5. The van der Waals surface area contributed by atoms with Crippen LogP contribution in [0.15, 0.2) is 29.3 Å². The van der Waals surface area contributed by atoms with Crippen molar-refractivity contribution in [2.24, 2.45) is 4.99 Å². The molecule has 0 unspecified atom stereocenters. The molecule has 1 rings (SSSR count). The summed E-state index contributed by atoms with van der Waals surface area (Å²) in [6, 6.07) is 6.64. The van der Waals surface area contributed by atoms with Gasteiger partial charge in [-0.2, -0.15) is 11.8 Å². The van der Waals surface area contributed by atoms with Gasteiger partial charge in [-0.1, -0.05) is 12.1 Å². The van der Waals surface area contributed by atoms with Gasteiger partial charge in [-0.05, 0) is 24.0 Å². The average molecular weight is 397 g/mol. The second-order valence-electron chi connectivity index (χ2n) is 3.95. The Morgan fingerprint density at radius 1 is 1.47 bits per heavy atom. The summed E-state index contributed by atoms with van der Waals surface area (Å²) in [4.78, 5) is 6.19. The Balaban J connectivity index is 0.00000324. The Morgan fingerprint density at radius 3 is 2.79 bits per heavy atom. The van der Waals surface area contributed by atoms with Crippen LogP contribution in [0.3, 0.4) is 0 Å². The molecule has 0 saturated carbocycles. The van der Waals surface area contributed by atoms with Gasteiger partial charge in [0.25, 0.3) is 0 Å². The molecule has 0 aliphatic heterocycles. The predicted molar refractivity (Wildman–Crippen MR) is 93.0 cm³/mol. The summed E-state index contributed by atoms with van der Waals surface area (Å²) in [6.07, 6.45) is 2.07. The summed E-state index contributed by atoms with van der Waals surface area (Å²) in [5, 5.41) is 3.27. The Labute approximate surface area is 136 Å². The molecule has 1 N–H and O–H groups in total. The van der Waals surface area contributed by atoms with Crippen molar-refractivity contribution in [3.63, 3.8) is 0 Å². The second kappa shape index (κ2) is 10.3. The van der Waals surface area contributed by atoms with Crippen LogP contribution < -0.4 is 5.32 Å². The molecule has 1 aromatic carbocycles. The molecule has 0 aliphatic rings. The van der Waals surface area contributed by atoms with E-state index in [1.165, 1.54) is 6.07 Å². The number of halogens is 2. The molecule has 19 heavy (non-hydrogen) atoms. The van der Waals surface area contributed by atoms with Gasteiger partial charge in [-0.15, -0.1) is 24.0 Å². The van der Waals surface area contributed by atoms with E-state index in [0.717, 1.165) is 23.8 Å². The monoisotopic (exact) mass is 397 g/mol. The van der Waals surface area contributed by atoms with Gasteiger partial charge in [-0.25, -0.2) is 4.39 Å². The molecule has 0 aromatic heterocycles. The largest absolute Gasteiger partial charge is 0.355 e. The van der Waals surface area contributed by atoms with Crippen molar-refractivity contribution in [1.29, 1.82) is 0 Å². The van der Waals surface area contributed by atoms with Gasteiger partial charge in [-0.3, -0.25) is 4.99 Å². The lowest BCUT2D eigenvalue weighted by atomic mass is 10.2. The molecule has 0 heterocycles. The fraction of sp³-hybridized carbons (Fsp3) is 0.462. The van der Waals surface area contributed by atoms with Crippen molar-refractivity contribution in [2.75, 3.05) is 32.6 Å². The van der Waals surface area contributed by atoms with Crippen molar-refractivity contribution >= 4 is 41.7 Å². The quantitative estimate of drug-likeness (QED) is 0.359. The fourth-order valence-corrected chi connectivity index (χ4v) is 1.94. The summed E-state index contributed by atoms with van der Waals surface area (Å²) in [5.41, 5.74) is 0.935. The lowest BCUT2D eigenvalue weighted by Gasteiger charge is -2.22. The van der Waals surface area contributed by atoms with E-state index in [1.54, 1.807) is 30.9 Å². The van der Waals surface area contributed by atoms with Crippen molar-refractivity contribution in [3.8, 4) is 0 Å². The van der Waals surface area contributed by atoms with E-state index in [2.05, 4.69) is 16.6 Å². The maximum atomic E-state index is 13.1. The zero-order valence-corrected chi connectivity index (χ0v) is 14.7. The number of aliphatic imine (C=N–C) groups is 1. The van der Waals surface area contributed by atoms with Crippen LogP contribution in [-0.4, -0.2) is 43.5 Å². The minimum absolute atomic E-state index is 0. The van der Waals surface area contributed by atoms with Gasteiger partial charge in [0.05, 0.1) is 0 Å². The highest BCUT2D eigenvalue weighted by molar-refractivity contribution is 14.0. The number of guanidine groups is 1. The van der Waals surface area contributed by atoms with E-state index in [9.17, 15) is 4.39 Å². The Kier molecular flexibility index (Phi) is 10.0. The van der Waals surface area contributed by atoms with Crippen LogP contribution in [0.25, 0.3) is 0 Å². The molecule has 1 aromatic rings. The molecule has 0 bridgehead atoms. The number of hydrogen-bond acceptors (Lipinski definition) is 2. The Hall–Kier alpha value is -0.500. The third-order valence-electron chi connectivity index (χ3n) is 2.47. The second-order valence-corrected chi connectivity index (χ2v) is 4.94. The molecule has 6 heteroatoms. The summed E-state index contributed by atoms with van der Waals surface area (Å²) in [6.45, 7) is 1.51. The van der Waals surface area contributed by atoms with Crippen LogP contribution in [0, 0.1) is 5.82 Å². The van der Waals surface area contributed by atoms with E-state index >= 15 is 0 Å². The van der Waals surface area contributed by atoms with Gasteiger partial charge < -0.3 is 10.2 Å². The lowest BCUT2D eigenvalue weighted by Crippen LogP contribution is -2.39. The Bertz CT molecular complexity index is 401. The topological polar surface area (TPSA) is 27.6 Å². The van der Waals surface area contributed by atoms with Crippen LogP contribution in [0.4, 0.5) is 4.39 Å². The first kappa shape index (κ1) is 18.5. The molecule has 108 valence electrons.